The van der Waals surface area contributed by atoms with Crippen molar-refractivity contribution in [2.75, 3.05) is 18.5 Å². The predicted octanol–water partition coefficient (Wildman–Crippen LogP) is 3.65. The Kier molecular flexibility index (Phi) is 6.80. The summed E-state index contributed by atoms with van der Waals surface area (Å²) in [6.07, 6.45) is 0.285. The molecule has 0 atom stereocenters. The SMILES string of the molecule is O=C(NOCCCO)c1ccc(F)c(F)c1Nc1ccc(Br)cc1F. The molecule has 1 amide bonds. The van der Waals surface area contributed by atoms with Gasteiger partial charge in [0.25, 0.3) is 5.91 Å². The Labute approximate surface area is 149 Å². The molecule has 0 bridgehead atoms. The summed E-state index contributed by atoms with van der Waals surface area (Å²) >= 11 is 3.09. The highest BCUT2D eigenvalue weighted by Gasteiger charge is 2.20. The summed E-state index contributed by atoms with van der Waals surface area (Å²) in [4.78, 5) is 16.9. The van der Waals surface area contributed by atoms with E-state index in [9.17, 15) is 18.0 Å². The first-order valence-corrected chi connectivity index (χ1v) is 7.96. The van der Waals surface area contributed by atoms with Crippen molar-refractivity contribution in [3.8, 4) is 0 Å². The lowest BCUT2D eigenvalue weighted by molar-refractivity contribution is 0.0262. The molecule has 2 aromatic carbocycles. The van der Waals surface area contributed by atoms with E-state index in [2.05, 4.69) is 21.2 Å². The number of aliphatic hydroxyl groups excluding tert-OH is 1. The summed E-state index contributed by atoms with van der Waals surface area (Å²) in [5, 5.41) is 11.0. The first kappa shape index (κ1) is 19.2. The molecule has 0 aromatic heterocycles. The Balaban J connectivity index is 2.29. The largest absolute Gasteiger partial charge is 0.396 e. The Bertz CT molecular complexity index is 775. The number of carbonyl (C=O) groups is 1. The summed E-state index contributed by atoms with van der Waals surface area (Å²) in [7, 11) is 0. The van der Waals surface area contributed by atoms with Gasteiger partial charge in [-0.2, -0.15) is 0 Å². The molecule has 0 unspecified atom stereocenters. The third-order valence-electron chi connectivity index (χ3n) is 3.10. The smallest absolute Gasteiger partial charge is 0.277 e. The van der Waals surface area contributed by atoms with Crippen LogP contribution in [-0.4, -0.2) is 24.2 Å². The van der Waals surface area contributed by atoms with Crippen LogP contribution in [0.4, 0.5) is 24.5 Å². The summed E-state index contributed by atoms with van der Waals surface area (Å²) in [5.74, 6) is -4.09. The second-order valence-corrected chi connectivity index (χ2v) is 5.81. The number of halogens is 4. The van der Waals surface area contributed by atoms with Crippen LogP contribution in [0.25, 0.3) is 0 Å². The zero-order valence-corrected chi connectivity index (χ0v) is 14.4. The molecule has 134 valence electrons. The van der Waals surface area contributed by atoms with Crippen molar-refractivity contribution < 1.29 is 27.9 Å². The average molecular weight is 419 g/mol. The maximum absolute atomic E-state index is 14.1. The number of amides is 1. The number of benzene rings is 2. The van der Waals surface area contributed by atoms with Gasteiger partial charge in [-0.1, -0.05) is 15.9 Å². The topological polar surface area (TPSA) is 70.6 Å². The molecule has 0 aliphatic rings. The van der Waals surface area contributed by atoms with Gasteiger partial charge in [-0.15, -0.1) is 0 Å². The van der Waals surface area contributed by atoms with E-state index in [1.165, 1.54) is 12.1 Å². The highest BCUT2D eigenvalue weighted by atomic mass is 79.9. The molecule has 0 radical (unpaired) electrons. The minimum absolute atomic E-state index is 0.0377. The van der Waals surface area contributed by atoms with Gasteiger partial charge in [0, 0.05) is 11.1 Å². The maximum atomic E-state index is 14.1. The number of hydroxylamine groups is 1. The van der Waals surface area contributed by atoms with E-state index < -0.39 is 29.0 Å². The lowest BCUT2D eigenvalue weighted by Gasteiger charge is -2.14. The zero-order chi connectivity index (χ0) is 18.4. The standard InChI is InChI=1S/C16H14BrF3N2O3/c17-9-2-5-13(12(19)8-9)21-15-10(3-4-11(18)14(15)20)16(24)22-25-7-1-6-23/h2-5,8,21,23H,1,6-7H2,(H,22,24). The fraction of sp³-hybridized carbons (Fsp3) is 0.188. The Morgan fingerprint density at radius 2 is 1.92 bits per heavy atom. The van der Waals surface area contributed by atoms with Gasteiger partial charge >= 0.3 is 0 Å². The number of aliphatic hydroxyl groups is 1. The Morgan fingerprint density at radius 3 is 2.60 bits per heavy atom. The van der Waals surface area contributed by atoms with Crippen LogP contribution in [0.3, 0.4) is 0 Å². The van der Waals surface area contributed by atoms with E-state index >= 15 is 0 Å². The van der Waals surface area contributed by atoms with E-state index in [0.717, 1.165) is 18.2 Å². The highest BCUT2D eigenvalue weighted by molar-refractivity contribution is 9.10. The van der Waals surface area contributed by atoms with E-state index in [1.54, 1.807) is 0 Å². The van der Waals surface area contributed by atoms with E-state index in [0.29, 0.717) is 4.47 Å². The number of anilines is 2. The molecule has 9 heteroatoms. The number of rotatable bonds is 7. The van der Waals surface area contributed by atoms with Crippen LogP contribution in [0.15, 0.2) is 34.8 Å². The molecular weight excluding hydrogens is 405 g/mol. The van der Waals surface area contributed by atoms with Gasteiger partial charge < -0.3 is 10.4 Å². The van der Waals surface area contributed by atoms with Crippen LogP contribution in [0.5, 0.6) is 0 Å². The molecule has 0 heterocycles. The molecule has 0 aliphatic carbocycles. The molecule has 5 nitrogen and oxygen atoms in total. The van der Waals surface area contributed by atoms with E-state index in [4.69, 9.17) is 9.94 Å². The van der Waals surface area contributed by atoms with Crippen molar-refractivity contribution in [3.63, 3.8) is 0 Å². The van der Waals surface area contributed by atoms with Crippen LogP contribution in [0.1, 0.15) is 16.8 Å². The highest BCUT2D eigenvalue weighted by Crippen LogP contribution is 2.29. The summed E-state index contributed by atoms with van der Waals surface area (Å²) in [5.41, 5.74) is 1.12. The molecule has 2 aromatic rings. The summed E-state index contributed by atoms with van der Waals surface area (Å²) < 4.78 is 42.1. The minimum Gasteiger partial charge on any atom is -0.396 e. The molecular formula is C16H14BrF3N2O3. The van der Waals surface area contributed by atoms with Crippen LogP contribution in [0.2, 0.25) is 0 Å². The lowest BCUT2D eigenvalue weighted by Crippen LogP contribution is -2.25. The van der Waals surface area contributed by atoms with Crippen LogP contribution in [-0.2, 0) is 4.84 Å². The van der Waals surface area contributed by atoms with Crippen molar-refractivity contribution in [1.29, 1.82) is 0 Å². The van der Waals surface area contributed by atoms with Crippen LogP contribution in [0, 0.1) is 17.5 Å². The molecule has 3 N–H and O–H groups in total. The van der Waals surface area contributed by atoms with Crippen LogP contribution >= 0.6 is 15.9 Å². The van der Waals surface area contributed by atoms with Gasteiger partial charge in [-0.25, -0.2) is 18.7 Å². The predicted molar refractivity (Wildman–Crippen MR) is 88.9 cm³/mol. The molecule has 0 spiro atoms. The summed E-state index contributed by atoms with van der Waals surface area (Å²) in [6, 6.07) is 5.77. The van der Waals surface area contributed by atoms with Gasteiger partial charge in [-0.05, 0) is 36.8 Å². The van der Waals surface area contributed by atoms with Crippen molar-refractivity contribution in [2.45, 2.75) is 6.42 Å². The second-order valence-electron chi connectivity index (χ2n) is 4.89. The Hall–Kier alpha value is -2.10. The molecule has 0 saturated carbocycles. The molecule has 2 rings (SSSR count). The lowest BCUT2D eigenvalue weighted by atomic mass is 10.1. The first-order chi connectivity index (χ1) is 11.9. The van der Waals surface area contributed by atoms with E-state index in [1.807, 2.05) is 5.48 Å². The minimum atomic E-state index is -1.33. The molecule has 0 saturated heterocycles. The van der Waals surface area contributed by atoms with Gasteiger partial charge in [0.2, 0.25) is 0 Å². The van der Waals surface area contributed by atoms with Crippen molar-refractivity contribution in [1.82, 2.24) is 5.48 Å². The van der Waals surface area contributed by atoms with Gasteiger partial charge in [0.1, 0.15) is 5.82 Å². The number of hydrogen-bond donors (Lipinski definition) is 3. The second kappa shape index (κ2) is 8.84. The van der Waals surface area contributed by atoms with Gasteiger partial charge in [0.15, 0.2) is 11.6 Å². The fourth-order valence-corrected chi connectivity index (χ4v) is 2.23. The van der Waals surface area contributed by atoms with E-state index in [-0.39, 0.29) is 30.9 Å². The number of carbonyl (C=O) groups excluding carboxylic acids is 1. The fourth-order valence-electron chi connectivity index (χ4n) is 1.90. The van der Waals surface area contributed by atoms with Gasteiger partial charge in [0.05, 0.1) is 23.5 Å². The zero-order valence-electron chi connectivity index (χ0n) is 12.8. The monoisotopic (exact) mass is 418 g/mol. The van der Waals surface area contributed by atoms with Crippen molar-refractivity contribution in [2.24, 2.45) is 0 Å². The normalized spacial score (nSPS) is 10.6. The third-order valence-corrected chi connectivity index (χ3v) is 3.59. The van der Waals surface area contributed by atoms with Crippen molar-refractivity contribution >= 4 is 33.2 Å². The van der Waals surface area contributed by atoms with Crippen molar-refractivity contribution in [3.05, 3.63) is 57.8 Å². The molecule has 25 heavy (non-hydrogen) atoms. The average Bonchev–Trinajstić information content (AvgIpc) is 2.58. The maximum Gasteiger partial charge on any atom is 0.277 e. The van der Waals surface area contributed by atoms with Crippen LogP contribution < -0.4 is 10.8 Å². The molecule has 0 fully saturated rings. The molecule has 0 aliphatic heterocycles. The summed E-state index contributed by atoms with van der Waals surface area (Å²) in [6.45, 7) is -0.0906. The third kappa shape index (κ3) is 4.94. The van der Waals surface area contributed by atoms with Gasteiger partial charge in [-0.3, -0.25) is 9.63 Å². The first-order valence-electron chi connectivity index (χ1n) is 7.17. The number of nitrogens with one attached hydrogen (secondary N) is 2. The number of hydrogen-bond acceptors (Lipinski definition) is 4. The Morgan fingerprint density at radius 1 is 1.16 bits per heavy atom. The quantitative estimate of drug-likeness (QED) is 0.474.